The van der Waals surface area contributed by atoms with Crippen LogP contribution in [0.4, 0.5) is 10.5 Å². The molecule has 0 fully saturated rings. The zero-order valence-corrected chi connectivity index (χ0v) is 21.2. The summed E-state index contributed by atoms with van der Waals surface area (Å²) < 4.78 is 0. The van der Waals surface area contributed by atoms with Gasteiger partial charge in [-0.1, -0.05) is 32.9 Å². The number of nitrogens with zero attached hydrogens (tertiary/aromatic N) is 1. The van der Waals surface area contributed by atoms with Gasteiger partial charge in [0, 0.05) is 24.4 Å². The minimum absolute atomic E-state index is 0.187. The Morgan fingerprint density at radius 3 is 2.11 bits per heavy atom. The summed E-state index contributed by atoms with van der Waals surface area (Å²) in [6.45, 7) is 5.10. The van der Waals surface area contributed by atoms with Crippen molar-refractivity contribution in [3.63, 3.8) is 0 Å². The van der Waals surface area contributed by atoms with Crippen LogP contribution in [0, 0.1) is 5.92 Å². The molecule has 6 N–H and O–H groups in total. The monoisotopic (exact) mass is 514 g/mol. The van der Waals surface area contributed by atoms with Crippen molar-refractivity contribution >= 4 is 41.3 Å². The average molecular weight is 515 g/mol. The number of primary amides is 1. The lowest BCUT2D eigenvalue weighted by atomic mass is 10.0. The highest BCUT2D eigenvalue weighted by Gasteiger charge is 2.31. The van der Waals surface area contributed by atoms with Crippen LogP contribution in [0.1, 0.15) is 39.2 Å². The van der Waals surface area contributed by atoms with Gasteiger partial charge in [0.2, 0.25) is 17.7 Å². The molecule has 1 aliphatic rings. The third-order valence-corrected chi connectivity index (χ3v) is 5.70. The van der Waals surface area contributed by atoms with Crippen molar-refractivity contribution in [3.8, 4) is 0 Å². The first-order valence-corrected chi connectivity index (χ1v) is 12.1. The Kier molecular flexibility index (Phi) is 10.8. The first-order valence-electron chi connectivity index (χ1n) is 12.1. The lowest BCUT2D eigenvalue weighted by molar-refractivity contribution is -0.141. The number of nitrogens with one attached hydrogen (secondary N) is 4. The highest BCUT2D eigenvalue weighted by Crippen LogP contribution is 2.12. The molecule has 1 aliphatic heterocycles. The first-order chi connectivity index (χ1) is 17.5. The van der Waals surface area contributed by atoms with Gasteiger partial charge < -0.3 is 27.0 Å². The van der Waals surface area contributed by atoms with Crippen LogP contribution in [0.25, 0.3) is 0 Å². The van der Waals surface area contributed by atoms with E-state index in [4.69, 9.17) is 5.73 Å². The van der Waals surface area contributed by atoms with Crippen LogP contribution >= 0.6 is 0 Å². The zero-order valence-electron chi connectivity index (χ0n) is 21.2. The van der Waals surface area contributed by atoms with Crippen LogP contribution in [0.5, 0.6) is 0 Å². The predicted octanol–water partition coefficient (Wildman–Crippen LogP) is 0.187. The standard InChI is InChI=1S/C25H34N6O6/c1-4-16-7-9-17(10-8-16)28-23(35)18(6-5-13-27-25(26)37)29-24(36)22(15(2)3)30-19(32)14-31-20(33)11-12-21(31)34/h7-12,15,18,22H,4-6,13-14H2,1-3H3,(H,28,35)(H,29,36)(H,30,32)(H3,26,27,37)/t18-,22-/m0/s1. The van der Waals surface area contributed by atoms with Crippen molar-refractivity contribution < 1.29 is 28.8 Å². The SMILES string of the molecule is CCc1ccc(NC(=O)[C@H](CCCNC(N)=O)NC(=O)[C@@H](NC(=O)CN2C(=O)C=CC2=O)C(C)C)cc1. The lowest BCUT2D eigenvalue weighted by Crippen LogP contribution is -2.56. The summed E-state index contributed by atoms with van der Waals surface area (Å²) in [6.07, 6.45) is 3.51. The van der Waals surface area contributed by atoms with E-state index in [1.54, 1.807) is 26.0 Å². The second-order valence-corrected chi connectivity index (χ2v) is 8.92. The van der Waals surface area contributed by atoms with Gasteiger partial charge in [-0.25, -0.2) is 4.79 Å². The molecule has 1 aromatic carbocycles. The number of aryl methyl sites for hydroxylation is 1. The summed E-state index contributed by atoms with van der Waals surface area (Å²) in [7, 11) is 0. The average Bonchev–Trinajstić information content (AvgIpc) is 3.16. The van der Waals surface area contributed by atoms with Gasteiger partial charge in [0.15, 0.2) is 0 Å². The maximum atomic E-state index is 13.1. The number of amides is 7. The number of benzene rings is 1. The normalized spacial score (nSPS) is 14.3. The van der Waals surface area contributed by atoms with Gasteiger partial charge >= 0.3 is 6.03 Å². The van der Waals surface area contributed by atoms with Gasteiger partial charge in [-0.3, -0.25) is 28.9 Å². The summed E-state index contributed by atoms with van der Waals surface area (Å²) in [5.41, 5.74) is 6.74. The topological polar surface area (TPSA) is 180 Å². The Balaban J connectivity index is 2.08. The van der Waals surface area contributed by atoms with Crippen molar-refractivity contribution in [3.05, 3.63) is 42.0 Å². The smallest absolute Gasteiger partial charge is 0.312 e. The van der Waals surface area contributed by atoms with Gasteiger partial charge in [-0.05, 0) is 42.9 Å². The molecule has 0 spiro atoms. The third kappa shape index (κ3) is 9.06. The molecule has 7 amide bonds. The van der Waals surface area contributed by atoms with Crippen LogP contribution in [-0.2, 0) is 30.4 Å². The Morgan fingerprint density at radius 1 is 0.946 bits per heavy atom. The van der Waals surface area contributed by atoms with Crippen LogP contribution in [0.2, 0.25) is 0 Å². The fourth-order valence-electron chi connectivity index (χ4n) is 3.59. The van der Waals surface area contributed by atoms with E-state index in [0.29, 0.717) is 12.1 Å². The summed E-state index contributed by atoms with van der Waals surface area (Å²) >= 11 is 0. The molecular weight excluding hydrogens is 480 g/mol. The Bertz CT molecular complexity index is 1030. The van der Waals surface area contributed by atoms with E-state index in [9.17, 15) is 28.8 Å². The van der Waals surface area contributed by atoms with Crippen LogP contribution < -0.4 is 27.0 Å². The molecule has 0 aromatic heterocycles. The Morgan fingerprint density at radius 2 is 1.57 bits per heavy atom. The molecule has 12 nitrogen and oxygen atoms in total. The van der Waals surface area contributed by atoms with Gasteiger partial charge in [-0.2, -0.15) is 0 Å². The summed E-state index contributed by atoms with van der Waals surface area (Å²) in [6, 6.07) is 4.59. The first kappa shape index (κ1) is 29.0. The maximum Gasteiger partial charge on any atom is 0.312 e. The van der Waals surface area contributed by atoms with E-state index < -0.39 is 54.2 Å². The second kappa shape index (κ2) is 13.8. The number of urea groups is 1. The van der Waals surface area contributed by atoms with Crippen LogP contribution in [-0.4, -0.2) is 65.6 Å². The molecule has 1 heterocycles. The molecule has 0 radical (unpaired) electrons. The number of imide groups is 1. The molecule has 2 rings (SSSR count). The molecule has 0 saturated carbocycles. The number of hydrogen-bond donors (Lipinski definition) is 5. The molecule has 12 heteroatoms. The number of carbonyl (C=O) groups is 6. The van der Waals surface area contributed by atoms with Crippen molar-refractivity contribution in [2.24, 2.45) is 11.7 Å². The molecular formula is C25H34N6O6. The Hall–Kier alpha value is -4.22. The molecule has 0 saturated heterocycles. The number of rotatable bonds is 13. The zero-order chi connectivity index (χ0) is 27.5. The number of anilines is 1. The maximum absolute atomic E-state index is 13.1. The van der Waals surface area contributed by atoms with Crippen molar-refractivity contribution in [1.82, 2.24) is 20.9 Å². The van der Waals surface area contributed by atoms with Crippen LogP contribution in [0.15, 0.2) is 36.4 Å². The molecule has 200 valence electrons. The van der Waals surface area contributed by atoms with E-state index in [1.807, 2.05) is 19.1 Å². The summed E-state index contributed by atoms with van der Waals surface area (Å²) in [5, 5.41) is 10.4. The minimum atomic E-state index is -1.03. The molecule has 1 aromatic rings. The Labute approximate surface area is 215 Å². The number of nitrogens with two attached hydrogens (primary N) is 1. The summed E-state index contributed by atoms with van der Waals surface area (Å²) in [4.78, 5) is 73.8. The fourth-order valence-corrected chi connectivity index (χ4v) is 3.59. The molecule has 2 atom stereocenters. The lowest BCUT2D eigenvalue weighted by Gasteiger charge is -2.26. The van der Waals surface area contributed by atoms with Gasteiger partial charge in [0.25, 0.3) is 11.8 Å². The fraction of sp³-hybridized carbons (Fsp3) is 0.440. The quantitative estimate of drug-likeness (QED) is 0.185. The van der Waals surface area contributed by atoms with Crippen molar-refractivity contribution in [2.75, 3.05) is 18.4 Å². The van der Waals surface area contributed by atoms with Gasteiger partial charge in [-0.15, -0.1) is 0 Å². The van der Waals surface area contributed by atoms with E-state index in [-0.39, 0.29) is 18.9 Å². The highest BCUT2D eigenvalue weighted by atomic mass is 16.2. The van der Waals surface area contributed by atoms with Crippen molar-refractivity contribution in [2.45, 2.75) is 52.1 Å². The number of hydrogen-bond acceptors (Lipinski definition) is 6. The largest absolute Gasteiger partial charge is 0.352 e. The van der Waals surface area contributed by atoms with Gasteiger partial charge in [0.05, 0.1) is 0 Å². The molecule has 0 unspecified atom stereocenters. The van der Waals surface area contributed by atoms with Crippen LogP contribution in [0.3, 0.4) is 0 Å². The third-order valence-electron chi connectivity index (χ3n) is 5.70. The summed E-state index contributed by atoms with van der Waals surface area (Å²) in [5.74, 6) is -3.36. The van der Waals surface area contributed by atoms with Crippen molar-refractivity contribution in [1.29, 1.82) is 0 Å². The number of carbonyl (C=O) groups excluding carboxylic acids is 6. The predicted molar refractivity (Wildman–Crippen MR) is 136 cm³/mol. The minimum Gasteiger partial charge on any atom is -0.352 e. The molecule has 0 bridgehead atoms. The van der Waals surface area contributed by atoms with Gasteiger partial charge in [0.1, 0.15) is 18.6 Å². The molecule has 0 aliphatic carbocycles. The second-order valence-electron chi connectivity index (χ2n) is 8.92. The van der Waals surface area contributed by atoms with E-state index >= 15 is 0 Å². The highest BCUT2D eigenvalue weighted by molar-refractivity contribution is 6.14. The van der Waals surface area contributed by atoms with E-state index in [2.05, 4.69) is 21.3 Å². The van der Waals surface area contributed by atoms with E-state index in [0.717, 1.165) is 29.0 Å². The van der Waals surface area contributed by atoms with E-state index in [1.165, 1.54) is 0 Å². The molecule has 37 heavy (non-hydrogen) atoms.